The molecule has 0 saturated carbocycles. The molecule has 3 heterocycles. The van der Waals surface area contributed by atoms with Crippen LogP contribution in [0.25, 0.3) is 5.69 Å². The van der Waals surface area contributed by atoms with Gasteiger partial charge in [0.05, 0.1) is 11.4 Å². The molecule has 2 aromatic rings. The molecule has 7 heteroatoms. The number of nitrogens with zero attached hydrogens (tertiary/aromatic N) is 5. The Morgan fingerprint density at radius 3 is 2.73 bits per heavy atom. The van der Waals surface area contributed by atoms with Crippen LogP contribution in [0.5, 0.6) is 0 Å². The lowest BCUT2D eigenvalue weighted by Gasteiger charge is -2.23. The lowest BCUT2D eigenvalue weighted by atomic mass is 10.1. The van der Waals surface area contributed by atoms with E-state index in [1.54, 1.807) is 16.8 Å². The highest BCUT2D eigenvalue weighted by atomic mass is 19.1. The van der Waals surface area contributed by atoms with E-state index in [-0.39, 0.29) is 5.82 Å². The second-order valence-corrected chi connectivity index (χ2v) is 8.32. The van der Waals surface area contributed by atoms with Crippen LogP contribution in [0.2, 0.25) is 0 Å². The number of aromatic nitrogens is 2. The van der Waals surface area contributed by atoms with E-state index in [0.717, 1.165) is 49.3 Å². The molecule has 0 amide bonds. The van der Waals surface area contributed by atoms with Gasteiger partial charge in [-0.05, 0) is 75.5 Å². The highest BCUT2D eigenvalue weighted by molar-refractivity contribution is 5.80. The van der Waals surface area contributed by atoms with Crippen molar-refractivity contribution in [1.82, 2.24) is 24.9 Å². The first-order chi connectivity index (χ1) is 14.7. The third kappa shape index (κ3) is 5.39. The van der Waals surface area contributed by atoms with Crippen LogP contribution in [0.15, 0.2) is 41.5 Å². The lowest BCUT2D eigenvalue weighted by Crippen LogP contribution is -2.41. The van der Waals surface area contributed by atoms with Crippen molar-refractivity contribution < 1.29 is 4.39 Å². The first kappa shape index (κ1) is 20.8. The average molecular weight is 413 g/mol. The Hall–Kier alpha value is -2.41. The Morgan fingerprint density at radius 2 is 1.97 bits per heavy atom. The summed E-state index contributed by atoms with van der Waals surface area (Å²) >= 11 is 0. The second-order valence-electron chi connectivity index (χ2n) is 8.32. The number of aliphatic imine (C=N–C) groups is 1. The van der Waals surface area contributed by atoms with Gasteiger partial charge in [-0.1, -0.05) is 0 Å². The quantitative estimate of drug-likeness (QED) is 0.561. The van der Waals surface area contributed by atoms with E-state index in [1.807, 2.05) is 12.3 Å². The standard InChI is InChI=1S/C23H33FN6/c1-2-25-23(29-15-10-19(18-29)17-28-13-3-4-14-28)26-12-9-21-11-16-30(27-21)22-7-5-20(24)6-8-22/h5-8,11,16,19H,2-4,9-10,12-15,17-18H2,1H3,(H,25,26). The summed E-state index contributed by atoms with van der Waals surface area (Å²) in [6.45, 7) is 9.67. The summed E-state index contributed by atoms with van der Waals surface area (Å²) in [5.41, 5.74) is 1.85. The molecule has 4 rings (SSSR count). The number of nitrogens with one attached hydrogen (secondary N) is 1. The number of likely N-dealkylation sites (tertiary alicyclic amines) is 2. The minimum absolute atomic E-state index is 0.235. The third-order valence-corrected chi connectivity index (χ3v) is 6.00. The maximum atomic E-state index is 13.1. The molecule has 1 N–H and O–H groups in total. The molecule has 1 aromatic carbocycles. The molecule has 1 atom stereocenters. The normalized spacial score (nSPS) is 20.3. The molecule has 0 spiro atoms. The third-order valence-electron chi connectivity index (χ3n) is 6.00. The van der Waals surface area contributed by atoms with Crippen LogP contribution in [0.3, 0.4) is 0 Å². The van der Waals surface area contributed by atoms with Gasteiger partial charge in [0.15, 0.2) is 5.96 Å². The molecule has 2 saturated heterocycles. The molecule has 2 aliphatic rings. The molecule has 0 bridgehead atoms. The van der Waals surface area contributed by atoms with Gasteiger partial charge in [0.25, 0.3) is 0 Å². The zero-order valence-corrected chi connectivity index (χ0v) is 17.9. The van der Waals surface area contributed by atoms with Gasteiger partial charge in [0.1, 0.15) is 5.82 Å². The van der Waals surface area contributed by atoms with Crippen molar-refractivity contribution in [3.05, 3.63) is 48.0 Å². The molecule has 0 aliphatic carbocycles. The van der Waals surface area contributed by atoms with E-state index >= 15 is 0 Å². The molecule has 1 aromatic heterocycles. The molecule has 2 fully saturated rings. The number of rotatable bonds is 7. The summed E-state index contributed by atoms with van der Waals surface area (Å²) in [5, 5.41) is 8.07. The van der Waals surface area contributed by atoms with Gasteiger partial charge in [-0.15, -0.1) is 0 Å². The van der Waals surface area contributed by atoms with E-state index < -0.39 is 0 Å². The van der Waals surface area contributed by atoms with Crippen molar-refractivity contribution in [2.75, 3.05) is 45.8 Å². The van der Waals surface area contributed by atoms with E-state index in [0.29, 0.717) is 6.54 Å². The van der Waals surface area contributed by atoms with Gasteiger partial charge in [0, 0.05) is 45.3 Å². The molecule has 0 radical (unpaired) electrons. The first-order valence-corrected chi connectivity index (χ1v) is 11.3. The molecule has 6 nitrogen and oxygen atoms in total. The Labute approximate surface area is 178 Å². The second kappa shape index (κ2) is 10.1. The molecule has 2 aliphatic heterocycles. The van der Waals surface area contributed by atoms with Crippen molar-refractivity contribution in [3.63, 3.8) is 0 Å². The number of hydrogen-bond acceptors (Lipinski definition) is 3. The van der Waals surface area contributed by atoms with E-state index in [4.69, 9.17) is 4.99 Å². The predicted molar refractivity (Wildman–Crippen MR) is 119 cm³/mol. The van der Waals surface area contributed by atoms with Crippen LogP contribution < -0.4 is 5.32 Å². The van der Waals surface area contributed by atoms with Crippen LogP contribution in [0, 0.1) is 11.7 Å². The van der Waals surface area contributed by atoms with Crippen molar-refractivity contribution in [2.24, 2.45) is 10.9 Å². The van der Waals surface area contributed by atoms with Crippen LogP contribution in [0.1, 0.15) is 31.9 Å². The Balaban J connectivity index is 1.30. The topological polar surface area (TPSA) is 48.7 Å². The largest absolute Gasteiger partial charge is 0.357 e. The first-order valence-electron chi connectivity index (χ1n) is 11.3. The van der Waals surface area contributed by atoms with Crippen molar-refractivity contribution in [3.8, 4) is 5.69 Å². The van der Waals surface area contributed by atoms with E-state index in [2.05, 4.69) is 27.1 Å². The number of benzene rings is 1. The SMILES string of the molecule is CCNC(=NCCc1ccn(-c2ccc(F)cc2)n1)N1CCC(CN2CCCC2)C1. The van der Waals surface area contributed by atoms with Crippen LogP contribution in [0.4, 0.5) is 4.39 Å². The monoisotopic (exact) mass is 412 g/mol. The van der Waals surface area contributed by atoms with Crippen LogP contribution >= 0.6 is 0 Å². The number of hydrogen-bond donors (Lipinski definition) is 1. The molecular weight excluding hydrogens is 379 g/mol. The average Bonchev–Trinajstić information content (AvgIpc) is 3.51. The predicted octanol–water partition coefficient (Wildman–Crippen LogP) is 2.94. The van der Waals surface area contributed by atoms with Crippen LogP contribution in [-0.2, 0) is 6.42 Å². The van der Waals surface area contributed by atoms with Gasteiger partial charge in [-0.25, -0.2) is 9.07 Å². The molecular formula is C23H33FN6. The summed E-state index contributed by atoms with van der Waals surface area (Å²) in [7, 11) is 0. The van der Waals surface area contributed by atoms with Crippen molar-refractivity contribution in [2.45, 2.75) is 32.6 Å². The molecule has 30 heavy (non-hydrogen) atoms. The summed E-state index contributed by atoms with van der Waals surface area (Å²) < 4.78 is 14.9. The minimum Gasteiger partial charge on any atom is -0.357 e. The maximum Gasteiger partial charge on any atom is 0.193 e. The summed E-state index contributed by atoms with van der Waals surface area (Å²) in [5.74, 6) is 1.54. The van der Waals surface area contributed by atoms with E-state index in [9.17, 15) is 4.39 Å². The Kier molecular flexibility index (Phi) is 7.00. The fourth-order valence-corrected chi connectivity index (χ4v) is 4.44. The van der Waals surface area contributed by atoms with Gasteiger partial charge in [-0.2, -0.15) is 5.10 Å². The van der Waals surface area contributed by atoms with Crippen LogP contribution in [-0.4, -0.2) is 71.4 Å². The van der Waals surface area contributed by atoms with Gasteiger partial charge in [-0.3, -0.25) is 4.99 Å². The van der Waals surface area contributed by atoms with E-state index in [1.165, 1.54) is 51.0 Å². The maximum absolute atomic E-state index is 13.1. The van der Waals surface area contributed by atoms with Gasteiger partial charge >= 0.3 is 0 Å². The van der Waals surface area contributed by atoms with Gasteiger partial charge < -0.3 is 15.1 Å². The molecule has 162 valence electrons. The fourth-order valence-electron chi connectivity index (χ4n) is 4.44. The fraction of sp³-hybridized carbons (Fsp3) is 0.565. The molecule has 1 unspecified atom stereocenters. The van der Waals surface area contributed by atoms with Crippen molar-refractivity contribution >= 4 is 5.96 Å². The Morgan fingerprint density at radius 1 is 1.17 bits per heavy atom. The summed E-state index contributed by atoms with van der Waals surface area (Å²) in [6, 6.07) is 8.39. The minimum atomic E-state index is -0.235. The Bertz CT molecular complexity index is 824. The smallest absolute Gasteiger partial charge is 0.193 e. The highest BCUT2D eigenvalue weighted by Crippen LogP contribution is 2.20. The highest BCUT2D eigenvalue weighted by Gasteiger charge is 2.27. The van der Waals surface area contributed by atoms with Crippen molar-refractivity contribution in [1.29, 1.82) is 0 Å². The summed E-state index contributed by atoms with van der Waals surface area (Å²) in [4.78, 5) is 9.91. The summed E-state index contributed by atoms with van der Waals surface area (Å²) in [6.07, 6.45) is 6.67. The zero-order chi connectivity index (χ0) is 20.8. The van der Waals surface area contributed by atoms with Gasteiger partial charge in [0.2, 0.25) is 0 Å². The zero-order valence-electron chi connectivity index (χ0n) is 17.9. The number of halogens is 1. The number of guanidine groups is 1. The lowest BCUT2D eigenvalue weighted by molar-refractivity contribution is 0.281.